The topological polar surface area (TPSA) is 103 Å². The van der Waals surface area contributed by atoms with Crippen LogP contribution in [0.4, 0.5) is 11.5 Å². The quantitative estimate of drug-likeness (QED) is 0.542. The Hall–Kier alpha value is -3.26. The molecule has 3 aromatic rings. The predicted molar refractivity (Wildman–Crippen MR) is 127 cm³/mol. The van der Waals surface area contributed by atoms with Crippen LogP contribution in [-0.2, 0) is 5.60 Å². The number of nitrogens with zero attached hydrogens (tertiary/aromatic N) is 2. The van der Waals surface area contributed by atoms with Gasteiger partial charge in [-0.15, -0.1) is 0 Å². The lowest BCUT2D eigenvalue weighted by molar-refractivity contribution is -0.0251. The maximum Gasteiger partial charge on any atom is 0.259 e. The number of anilines is 2. The molecular formula is C25H24ClN3O4. The number of hydrogen-bond acceptors (Lipinski definition) is 5. The number of fused-ring (bicyclic) bond motifs is 1. The number of aryl methyl sites for hydroxylation is 1. The summed E-state index contributed by atoms with van der Waals surface area (Å²) in [5, 5.41) is 23.9. The molecule has 4 rings (SSSR count). The molecule has 0 spiro atoms. The molecule has 3 N–H and O–H groups in total. The number of nitrogens with one attached hydrogen (secondary N) is 1. The van der Waals surface area contributed by atoms with Gasteiger partial charge in [0.2, 0.25) is 0 Å². The van der Waals surface area contributed by atoms with Crippen LogP contribution in [0, 0.1) is 6.92 Å². The minimum Gasteiger partial charge on any atom is -0.393 e. The molecule has 1 atom stereocenters. The Kier molecular flexibility index (Phi) is 6.47. The summed E-state index contributed by atoms with van der Waals surface area (Å²) in [5.41, 5.74) is 1.17. The molecule has 0 radical (unpaired) electrons. The molecule has 33 heavy (non-hydrogen) atoms. The highest BCUT2D eigenvalue weighted by Gasteiger charge is 2.36. The number of benzene rings is 2. The van der Waals surface area contributed by atoms with E-state index in [9.17, 15) is 19.8 Å². The largest absolute Gasteiger partial charge is 0.393 e. The van der Waals surface area contributed by atoms with Gasteiger partial charge in [-0.25, -0.2) is 4.98 Å². The lowest BCUT2D eigenvalue weighted by Crippen LogP contribution is -2.33. The van der Waals surface area contributed by atoms with E-state index < -0.39 is 12.2 Å². The molecule has 2 heterocycles. The van der Waals surface area contributed by atoms with Gasteiger partial charge in [0.1, 0.15) is 11.4 Å². The Morgan fingerprint density at radius 1 is 1.18 bits per heavy atom. The number of pyridine rings is 1. The Bertz CT molecular complexity index is 1200. The van der Waals surface area contributed by atoms with Gasteiger partial charge in [-0.3, -0.25) is 9.59 Å². The van der Waals surface area contributed by atoms with Gasteiger partial charge in [-0.2, -0.15) is 0 Å². The summed E-state index contributed by atoms with van der Waals surface area (Å²) in [6.07, 6.45) is 2.20. The van der Waals surface area contributed by atoms with Gasteiger partial charge in [0.15, 0.2) is 0 Å². The third kappa shape index (κ3) is 4.61. The van der Waals surface area contributed by atoms with Crippen molar-refractivity contribution in [3.63, 3.8) is 0 Å². The number of halogens is 1. The van der Waals surface area contributed by atoms with Gasteiger partial charge in [0.25, 0.3) is 11.8 Å². The smallest absolute Gasteiger partial charge is 0.259 e. The monoisotopic (exact) mass is 465 g/mol. The van der Waals surface area contributed by atoms with E-state index in [0.29, 0.717) is 52.6 Å². The van der Waals surface area contributed by atoms with Crippen molar-refractivity contribution >= 4 is 34.9 Å². The van der Waals surface area contributed by atoms with Crippen LogP contribution in [-0.4, -0.2) is 40.2 Å². The molecule has 0 saturated heterocycles. The van der Waals surface area contributed by atoms with Crippen LogP contribution in [0.3, 0.4) is 0 Å². The second kappa shape index (κ2) is 9.31. The minimum atomic E-state index is -1.47. The van der Waals surface area contributed by atoms with Crippen molar-refractivity contribution in [3.8, 4) is 0 Å². The van der Waals surface area contributed by atoms with Crippen molar-refractivity contribution in [1.82, 2.24) is 4.98 Å². The fraction of sp³-hybridized carbons (Fsp3) is 0.240. The second-order valence-corrected chi connectivity index (χ2v) is 8.55. The van der Waals surface area contributed by atoms with E-state index in [1.54, 1.807) is 47.4 Å². The lowest BCUT2D eigenvalue weighted by atomic mass is 9.90. The number of aliphatic hydroxyl groups is 2. The van der Waals surface area contributed by atoms with Gasteiger partial charge in [-0.1, -0.05) is 29.8 Å². The predicted octanol–water partition coefficient (Wildman–Crippen LogP) is 3.92. The summed E-state index contributed by atoms with van der Waals surface area (Å²) in [5.74, 6) is -0.246. The number of rotatable bonds is 4. The Labute approximate surface area is 196 Å². The molecule has 1 aliphatic rings. The second-order valence-electron chi connectivity index (χ2n) is 8.11. The van der Waals surface area contributed by atoms with Crippen molar-refractivity contribution in [2.24, 2.45) is 0 Å². The van der Waals surface area contributed by atoms with Crippen LogP contribution in [0.15, 0.2) is 60.8 Å². The normalized spacial score (nSPS) is 17.8. The fourth-order valence-electron chi connectivity index (χ4n) is 4.04. The highest BCUT2D eigenvalue weighted by atomic mass is 35.5. The van der Waals surface area contributed by atoms with E-state index in [1.165, 1.54) is 6.20 Å². The van der Waals surface area contributed by atoms with Crippen LogP contribution in [0.25, 0.3) is 0 Å². The maximum absolute atomic E-state index is 13.3. The standard InChI is InChI=1S/C25H24ClN3O4/c1-16-5-2-3-6-19(16)23(31)28-22-10-7-17(14-27-22)24(32)29-12-4-11-25(33,15-30)20-13-18(26)8-9-21(20)29/h2-3,5-10,13-14,30,33H,4,11-12,15H2,1H3,(H,27,28,31). The highest BCUT2D eigenvalue weighted by Crippen LogP contribution is 2.39. The molecular weight excluding hydrogens is 442 g/mol. The number of carbonyl (C=O) groups excluding carboxylic acids is 2. The van der Waals surface area contributed by atoms with Gasteiger partial charge in [0, 0.05) is 28.9 Å². The summed E-state index contributed by atoms with van der Waals surface area (Å²) in [6, 6.07) is 15.3. The Morgan fingerprint density at radius 2 is 1.97 bits per heavy atom. The Morgan fingerprint density at radius 3 is 2.67 bits per heavy atom. The summed E-state index contributed by atoms with van der Waals surface area (Å²) < 4.78 is 0. The number of aromatic nitrogens is 1. The molecule has 0 aliphatic carbocycles. The average molecular weight is 466 g/mol. The molecule has 170 valence electrons. The number of amides is 2. The van der Waals surface area contributed by atoms with Gasteiger partial charge in [-0.05, 0) is 61.7 Å². The van der Waals surface area contributed by atoms with Gasteiger partial charge in [0.05, 0.1) is 17.9 Å². The van der Waals surface area contributed by atoms with E-state index in [2.05, 4.69) is 10.3 Å². The number of aliphatic hydroxyl groups excluding tert-OH is 1. The van der Waals surface area contributed by atoms with Gasteiger partial charge < -0.3 is 20.4 Å². The van der Waals surface area contributed by atoms with E-state index in [4.69, 9.17) is 11.6 Å². The molecule has 2 aromatic carbocycles. The Balaban J connectivity index is 1.57. The molecule has 7 nitrogen and oxygen atoms in total. The van der Waals surface area contributed by atoms with E-state index in [0.717, 1.165) is 5.56 Å². The fourth-order valence-corrected chi connectivity index (χ4v) is 4.21. The molecule has 1 aliphatic heterocycles. The zero-order chi connectivity index (χ0) is 23.6. The van der Waals surface area contributed by atoms with Crippen molar-refractivity contribution in [3.05, 3.63) is 88.1 Å². The van der Waals surface area contributed by atoms with Crippen LogP contribution in [0.2, 0.25) is 5.02 Å². The SMILES string of the molecule is Cc1ccccc1C(=O)Nc1ccc(C(=O)N2CCCC(O)(CO)c3cc(Cl)ccc32)cn1. The number of hydrogen-bond donors (Lipinski definition) is 3. The summed E-state index contributed by atoms with van der Waals surface area (Å²) in [6.45, 7) is 1.74. The van der Waals surface area contributed by atoms with E-state index in [1.807, 2.05) is 19.1 Å². The van der Waals surface area contributed by atoms with Crippen molar-refractivity contribution in [2.45, 2.75) is 25.4 Å². The lowest BCUT2D eigenvalue weighted by Gasteiger charge is -2.28. The first-order valence-corrected chi connectivity index (χ1v) is 11.0. The number of carbonyl (C=O) groups is 2. The molecule has 0 saturated carbocycles. The van der Waals surface area contributed by atoms with Crippen LogP contribution >= 0.6 is 11.6 Å². The zero-order valence-electron chi connectivity index (χ0n) is 18.1. The first kappa shape index (κ1) is 22.9. The van der Waals surface area contributed by atoms with Crippen LogP contribution in [0.1, 0.15) is 44.7 Å². The average Bonchev–Trinajstić information content (AvgIpc) is 2.96. The first-order chi connectivity index (χ1) is 15.8. The summed E-state index contributed by atoms with van der Waals surface area (Å²) in [7, 11) is 0. The van der Waals surface area contributed by atoms with E-state index in [-0.39, 0.29) is 11.8 Å². The summed E-state index contributed by atoms with van der Waals surface area (Å²) >= 11 is 6.13. The zero-order valence-corrected chi connectivity index (χ0v) is 18.8. The van der Waals surface area contributed by atoms with Crippen LogP contribution < -0.4 is 10.2 Å². The third-order valence-corrected chi connectivity index (χ3v) is 6.11. The minimum absolute atomic E-state index is 0.277. The van der Waals surface area contributed by atoms with Crippen molar-refractivity contribution in [1.29, 1.82) is 0 Å². The molecule has 1 aromatic heterocycles. The molecule has 1 unspecified atom stereocenters. The summed E-state index contributed by atoms with van der Waals surface area (Å²) in [4.78, 5) is 31.6. The van der Waals surface area contributed by atoms with Crippen molar-refractivity contribution < 1.29 is 19.8 Å². The maximum atomic E-state index is 13.3. The third-order valence-electron chi connectivity index (χ3n) is 5.87. The highest BCUT2D eigenvalue weighted by molar-refractivity contribution is 6.30. The molecule has 2 amide bonds. The first-order valence-electron chi connectivity index (χ1n) is 10.6. The van der Waals surface area contributed by atoms with E-state index >= 15 is 0 Å². The molecule has 0 fully saturated rings. The van der Waals surface area contributed by atoms with Crippen molar-refractivity contribution in [2.75, 3.05) is 23.4 Å². The van der Waals surface area contributed by atoms with Gasteiger partial charge >= 0.3 is 0 Å². The molecule has 0 bridgehead atoms. The van der Waals surface area contributed by atoms with Crippen LogP contribution in [0.5, 0.6) is 0 Å². The molecule has 8 heteroatoms.